The number of carbonyl (C=O) groups excluding carboxylic acids is 8. The van der Waals surface area contributed by atoms with E-state index in [1.807, 2.05) is 88.4 Å². The van der Waals surface area contributed by atoms with E-state index in [0.717, 1.165) is 98.3 Å². The van der Waals surface area contributed by atoms with Crippen LogP contribution in [-0.4, -0.2) is 210 Å². The van der Waals surface area contributed by atoms with Crippen LogP contribution in [0.3, 0.4) is 0 Å². The fourth-order valence-corrected chi connectivity index (χ4v) is 21.3. The highest BCUT2D eigenvalue weighted by Gasteiger charge is 2.70. The molecule has 10 aliphatic rings. The number of nitrogens with zero attached hydrogens (tertiary/aromatic N) is 7. The molecule has 9 atom stereocenters. The molecule has 16 rings (SSSR count). The van der Waals surface area contributed by atoms with Crippen LogP contribution in [-0.2, 0) is 28.7 Å². The summed E-state index contributed by atoms with van der Waals surface area (Å²) in [7, 11) is 0. The number of carbonyl (C=O) groups is 8. The maximum Gasteiger partial charge on any atom is 0.254 e. The number of nitrogens with one attached hydrogen (secondary N) is 6. The third kappa shape index (κ3) is 19.2. The monoisotopic (exact) mass is 1710 g/mol. The number of morpholine rings is 1. The lowest BCUT2D eigenvalue weighted by Gasteiger charge is -2.67. The normalized spacial score (nSPS) is 26.6. The van der Waals surface area contributed by atoms with Crippen LogP contribution in [0.2, 0.25) is 0 Å². The molecule has 125 heavy (non-hydrogen) atoms. The number of imide groups is 2. The maximum atomic E-state index is 15.5. The predicted octanol–water partition coefficient (Wildman–Crippen LogP) is 10.9. The van der Waals surface area contributed by atoms with Crippen LogP contribution in [0.15, 0.2) is 109 Å². The van der Waals surface area contributed by atoms with Crippen molar-refractivity contribution in [2.45, 2.75) is 201 Å². The van der Waals surface area contributed by atoms with E-state index in [-0.39, 0.29) is 67.2 Å². The van der Waals surface area contributed by atoms with Gasteiger partial charge in [-0.25, -0.2) is 4.39 Å². The molecule has 3 aliphatic carbocycles. The van der Waals surface area contributed by atoms with E-state index in [1.54, 1.807) is 24.3 Å². The van der Waals surface area contributed by atoms with E-state index in [1.165, 1.54) is 12.1 Å². The molecule has 0 radical (unpaired) electrons. The van der Waals surface area contributed by atoms with Gasteiger partial charge in [0.2, 0.25) is 23.6 Å². The Morgan fingerprint density at radius 3 is 1.54 bits per heavy atom. The molecule has 2 bridgehead atoms. The smallest absolute Gasteiger partial charge is 0.254 e. The summed E-state index contributed by atoms with van der Waals surface area (Å²) < 4.78 is 55.3. The van der Waals surface area contributed by atoms with Crippen molar-refractivity contribution in [1.29, 1.82) is 10.5 Å². The zero-order valence-corrected chi connectivity index (χ0v) is 73.5. The highest BCUT2D eigenvalue weighted by Crippen LogP contribution is 2.64. The van der Waals surface area contributed by atoms with Crippen molar-refractivity contribution in [2.24, 2.45) is 27.6 Å². The highest BCUT2D eigenvalue weighted by molar-refractivity contribution is 6.05. The molecule has 0 spiro atoms. The summed E-state index contributed by atoms with van der Waals surface area (Å²) in [6.07, 6.45) is 5.79. The predicted molar refractivity (Wildman–Crippen MR) is 469 cm³/mol. The van der Waals surface area contributed by atoms with Crippen LogP contribution in [0.5, 0.6) is 23.0 Å². The van der Waals surface area contributed by atoms with Crippen LogP contribution in [0.4, 0.5) is 21.5 Å². The second kappa shape index (κ2) is 37.2. The van der Waals surface area contributed by atoms with Gasteiger partial charge >= 0.3 is 0 Å². The molecule has 28 heteroatoms. The fourth-order valence-electron chi connectivity index (χ4n) is 21.3. The second-order valence-electron chi connectivity index (χ2n) is 37.6. The molecule has 6 aromatic rings. The van der Waals surface area contributed by atoms with Gasteiger partial charge in [0.1, 0.15) is 47.7 Å². The van der Waals surface area contributed by atoms with Gasteiger partial charge < -0.3 is 64.4 Å². The van der Waals surface area contributed by atoms with E-state index in [0.29, 0.717) is 148 Å². The minimum absolute atomic E-state index is 0.0881. The van der Waals surface area contributed by atoms with Crippen LogP contribution in [0, 0.1) is 83.8 Å². The van der Waals surface area contributed by atoms with Crippen LogP contribution < -0.4 is 65.5 Å². The lowest BCUT2D eigenvalue weighted by atomic mass is 9.43. The minimum Gasteiger partial charge on any atom is -0.490 e. The number of benzene rings is 6. The number of aryl methyl sites for hydroxylation is 4. The number of nitriles is 2. The summed E-state index contributed by atoms with van der Waals surface area (Å²) in [5, 5.41) is 37.2. The van der Waals surface area contributed by atoms with Crippen molar-refractivity contribution >= 4 is 64.3 Å². The summed E-state index contributed by atoms with van der Waals surface area (Å²) in [5.74, 6) is -1.42. The Bertz CT molecular complexity index is 5120. The second-order valence-corrected chi connectivity index (χ2v) is 37.6. The van der Waals surface area contributed by atoms with Gasteiger partial charge in [-0.1, -0.05) is 41.5 Å². The minimum atomic E-state index is -0.918. The number of fused-ring (bicyclic) bond motifs is 8. The van der Waals surface area contributed by atoms with Crippen LogP contribution in [0.1, 0.15) is 193 Å². The number of ether oxygens (including phenoxy) is 6. The molecule has 3 unspecified atom stereocenters. The number of rotatable bonds is 22. The Labute approximate surface area is 731 Å². The quantitative estimate of drug-likeness (QED) is 0.0344. The Morgan fingerprint density at radius 2 is 1.02 bits per heavy atom. The molecular formula is C97H118FN13O14. The van der Waals surface area contributed by atoms with Crippen LogP contribution >= 0.6 is 0 Å². The highest BCUT2D eigenvalue weighted by atomic mass is 19.1. The van der Waals surface area contributed by atoms with Crippen molar-refractivity contribution in [1.82, 2.24) is 41.7 Å². The summed E-state index contributed by atoms with van der Waals surface area (Å²) in [4.78, 5) is 116. The van der Waals surface area contributed by atoms with Gasteiger partial charge in [0, 0.05) is 178 Å². The Morgan fingerprint density at radius 1 is 0.520 bits per heavy atom. The van der Waals surface area contributed by atoms with Crippen molar-refractivity contribution in [3.05, 3.63) is 171 Å². The number of halogens is 1. The van der Waals surface area contributed by atoms with Gasteiger partial charge in [-0.2, -0.15) is 10.5 Å². The molecule has 7 aliphatic heterocycles. The molecule has 7 heterocycles. The lowest BCUT2D eigenvalue weighted by molar-refractivity contribution is -0.207. The first-order chi connectivity index (χ1) is 59.8. The van der Waals surface area contributed by atoms with Gasteiger partial charge in [0.15, 0.2) is 11.5 Å². The SMILES string of the molecule is Cc1cc(O[C@@H]2C(C)(C)[C@@H](NC(=O)c3ccc(N4CCO[C@@H](CN5CCN(c6ccc(C(=O)N[C@@H]7CCC(=O)NC7=O)c(F)c6)CC5)C4)cc3)C2(C)CCC2(C)[C@@H](NC(=O)c3ccc(N4CCC(CN5CCOCCCCOc6ccc(C(=O)NC7CCC(=O)NC7=O)cc6O[C@H]6C[C@H]5C6)CC4)cc3)C(C)(C)[C@@H]2Oc2cc(C)c(C#N)c(C)c2)cc(C)c1C#N. The summed E-state index contributed by atoms with van der Waals surface area (Å²) in [6.45, 7) is 30.9. The van der Waals surface area contributed by atoms with E-state index in [9.17, 15) is 39.3 Å². The van der Waals surface area contributed by atoms with Gasteiger partial charge in [-0.15, -0.1) is 0 Å². The first-order valence-electron chi connectivity index (χ1n) is 44.5. The number of amides is 8. The van der Waals surface area contributed by atoms with Gasteiger partial charge in [0.05, 0.1) is 54.8 Å². The molecule has 3 saturated carbocycles. The maximum absolute atomic E-state index is 15.5. The summed E-state index contributed by atoms with van der Waals surface area (Å²) in [6, 6.07) is 35.4. The molecule has 0 aromatic heterocycles. The molecule has 27 nitrogen and oxygen atoms in total. The summed E-state index contributed by atoms with van der Waals surface area (Å²) >= 11 is 0. The molecule has 6 N–H and O–H groups in total. The van der Waals surface area contributed by atoms with Gasteiger partial charge in [0.25, 0.3) is 23.6 Å². The molecule has 5 saturated heterocycles. The Kier molecular flexibility index (Phi) is 26.4. The third-order valence-corrected chi connectivity index (χ3v) is 28.1. The van der Waals surface area contributed by atoms with Gasteiger partial charge in [-0.3, -0.25) is 58.8 Å². The van der Waals surface area contributed by atoms with Crippen molar-refractivity contribution in [2.75, 3.05) is 113 Å². The van der Waals surface area contributed by atoms with Crippen molar-refractivity contribution in [3.63, 3.8) is 0 Å². The molecule has 8 fully saturated rings. The molecule has 662 valence electrons. The number of piperazine rings is 1. The zero-order chi connectivity index (χ0) is 88.4. The van der Waals surface area contributed by atoms with E-state index < -0.39 is 93.4 Å². The van der Waals surface area contributed by atoms with Gasteiger partial charge in [-0.05, 0) is 216 Å². The Balaban J connectivity index is 0.591. The van der Waals surface area contributed by atoms with Crippen molar-refractivity contribution in [3.8, 4) is 35.1 Å². The number of piperidine rings is 3. The van der Waals surface area contributed by atoms with Crippen LogP contribution in [0.25, 0.3) is 0 Å². The van der Waals surface area contributed by atoms with E-state index in [2.05, 4.69) is 122 Å². The topological polar surface area (TPSA) is 328 Å². The Hall–Kier alpha value is -11.2. The molecule has 8 amide bonds. The molecular weight excluding hydrogens is 1590 g/mol. The average Bonchev–Trinajstić information content (AvgIpc) is 0.690. The van der Waals surface area contributed by atoms with E-state index in [4.69, 9.17) is 28.4 Å². The molecule has 6 aromatic carbocycles. The number of anilines is 3. The first-order valence-corrected chi connectivity index (χ1v) is 44.5. The standard InChI is InChI=1S/C97H118FN13O14/c1-58-45-70(46-59(2)75(58)53-99)124-92-94(5,6)90(105-84(114)63-13-18-66(19-14-63)108-33-29-62(30-34-108)55-110-39-43-120-41-11-12-42-122-80-26-17-65(49-81(80)123-72-50-69(110)51-72)86(116)101-78-24-27-82(112)103-88(78)118)96(92,9)31-32-97(10)91(95(7,8)93(97)125-71-47-60(3)76(54-100)61(4)48-71)106-85(115)64-15-20-67(21-16-64)111-40-44-121-73(57-111)56-107-35-37-109(38-36-107)68-22-23-74(77(98)52-68)87(117)102-79-25-28-83(113)104-89(79)119/h13-23,26,45-49,52,62,69,72-73,78-79,90-93H,11-12,24-25,27-44,50-51,55-57H2,1-10H3,(H,101,116)(H,102,117)(H,105,114)(H,106,115)(H,103,112,118)(H,104,113,119)/t69-,72-,73-,78?,79+,90-,91+,92-,93+,96?,97?/m0/s1. The lowest BCUT2D eigenvalue weighted by Crippen LogP contribution is -2.78. The largest absolute Gasteiger partial charge is 0.490 e. The third-order valence-electron chi connectivity index (χ3n) is 28.1. The number of hydrogen-bond acceptors (Lipinski definition) is 21. The summed E-state index contributed by atoms with van der Waals surface area (Å²) in [5.41, 5.74) is 5.55. The number of hydrogen-bond donors (Lipinski definition) is 6. The average molecular weight is 1710 g/mol. The zero-order valence-electron chi connectivity index (χ0n) is 73.5. The van der Waals surface area contributed by atoms with E-state index >= 15 is 14.0 Å². The van der Waals surface area contributed by atoms with Crippen molar-refractivity contribution < 1.29 is 71.2 Å². The first kappa shape index (κ1) is 88.7. The fraction of sp³-hybridized carbons (Fsp3) is 0.526.